The molecule has 2 unspecified atom stereocenters. The van der Waals surface area contributed by atoms with Crippen molar-refractivity contribution in [1.82, 2.24) is 9.97 Å². The molecule has 4 rings (SSSR count). The van der Waals surface area contributed by atoms with Crippen molar-refractivity contribution >= 4 is 0 Å². The number of benzene rings is 2. The maximum absolute atomic E-state index is 10.8. The molecule has 0 aliphatic heterocycles. The second-order valence-electron chi connectivity index (χ2n) is 6.93. The predicted octanol–water partition coefficient (Wildman–Crippen LogP) is 4.80. The fraction of sp³-hybridized carbons (Fsp3) is 0.0769. The normalized spacial score (nSPS) is 14.5. The maximum Gasteiger partial charge on any atom is 0.134 e. The van der Waals surface area contributed by atoms with E-state index in [1.165, 1.54) is 0 Å². The van der Waals surface area contributed by atoms with Crippen LogP contribution in [0.1, 0.15) is 22.3 Å². The van der Waals surface area contributed by atoms with Gasteiger partial charge in [-0.3, -0.25) is 9.97 Å². The first-order chi connectivity index (χ1) is 14.8. The Hall–Kier alpha value is -4.28. The minimum atomic E-state index is -1.32. The van der Waals surface area contributed by atoms with Crippen molar-refractivity contribution in [2.45, 2.75) is 10.8 Å². The van der Waals surface area contributed by atoms with Gasteiger partial charge in [-0.2, -0.15) is 10.5 Å². The van der Waals surface area contributed by atoms with Gasteiger partial charge in [0.1, 0.15) is 10.8 Å². The number of hydrogen-bond donors (Lipinski definition) is 0. The van der Waals surface area contributed by atoms with Crippen LogP contribution in [0.2, 0.25) is 0 Å². The molecule has 0 saturated heterocycles. The molecule has 4 aromatic rings. The van der Waals surface area contributed by atoms with Crippen molar-refractivity contribution in [3.05, 3.63) is 132 Å². The summed E-state index contributed by atoms with van der Waals surface area (Å²) < 4.78 is 0. The fourth-order valence-electron chi connectivity index (χ4n) is 4.21. The Labute approximate surface area is 175 Å². The van der Waals surface area contributed by atoms with Crippen molar-refractivity contribution in [3.8, 4) is 12.1 Å². The van der Waals surface area contributed by atoms with Crippen LogP contribution in [0.5, 0.6) is 0 Å². The summed E-state index contributed by atoms with van der Waals surface area (Å²) in [5.74, 6) is 0. The zero-order chi connectivity index (χ0) is 20.9. The van der Waals surface area contributed by atoms with Gasteiger partial charge in [0.2, 0.25) is 0 Å². The average Bonchev–Trinajstić information content (AvgIpc) is 2.85. The van der Waals surface area contributed by atoms with Crippen LogP contribution in [0.4, 0.5) is 0 Å². The second kappa shape index (κ2) is 7.99. The molecule has 0 aliphatic carbocycles. The molecule has 0 bridgehead atoms. The third-order valence-electron chi connectivity index (χ3n) is 5.54. The Morgan fingerprint density at radius 1 is 0.467 bits per heavy atom. The van der Waals surface area contributed by atoms with Crippen LogP contribution < -0.4 is 0 Å². The molecule has 4 heteroatoms. The summed E-state index contributed by atoms with van der Waals surface area (Å²) in [5, 5.41) is 21.7. The molecule has 0 saturated carbocycles. The van der Waals surface area contributed by atoms with E-state index in [-0.39, 0.29) is 0 Å². The van der Waals surface area contributed by atoms with Gasteiger partial charge in [-0.05, 0) is 46.5 Å². The second-order valence-corrected chi connectivity index (χ2v) is 6.93. The molecule has 4 nitrogen and oxygen atoms in total. The predicted molar refractivity (Wildman–Crippen MR) is 114 cm³/mol. The van der Waals surface area contributed by atoms with E-state index < -0.39 is 10.8 Å². The summed E-state index contributed by atoms with van der Waals surface area (Å²) in [6, 6.07) is 31.4. The van der Waals surface area contributed by atoms with E-state index in [4.69, 9.17) is 0 Å². The molecular formula is C26H18N4. The zero-order valence-corrected chi connectivity index (χ0v) is 16.2. The van der Waals surface area contributed by atoms with Crippen LogP contribution in [0.25, 0.3) is 0 Å². The lowest BCUT2D eigenvalue weighted by Gasteiger charge is -2.43. The number of nitrogens with zero attached hydrogens (tertiary/aromatic N) is 4. The first-order valence-corrected chi connectivity index (χ1v) is 9.54. The zero-order valence-electron chi connectivity index (χ0n) is 16.2. The van der Waals surface area contributed by atoms with Crippen molar-refractivity contribution in [2.75, 3.05) is 0 Å². The van der Waals surface area contributed by atoms with Gasteiger partial charge in [0.05, 0.1) is 12.1 Å². The molecule has 0 spiro atoms. The Kier molecular flexibility index (Phi) is 5.08. The van der Waals surface area contributed by atoms with Gasteiger partial charge in [0.15, 0.2) is 0 Å². The van der Waals surface area contributed by atoms with Gasteiger partial charge in [-0.25, -0.2) is 0 Å². The fourth-order valence-corrected chi connectivity index (χ4v) is 4.21. The number of rotatable bonds is 5. The molecular weight excluding hydrogens is 368 g/mol. The maximum atomic E-state index is 10.8. The van der Waals surface area contributed by atoms with Gasteiger partial charge in [0.25, 0.3) is 0 Å². The van der Waals surface area contributed by atoms with Gasteiger partial charge in [-0.1, -0.05) is 60.7 Å². The number of pyridine rings is 2. The molecule has 30 heavy (non-hydrogen) atoms. The minimum absolute atomic E-state index is 0.702. The lowest BCUT2D eigenvalue weighted by atomic mass is 9.53. The standard InChI is InChI=1S/C26H18N4/c27-19-25(21-7-3-1-4-8-21,23-11-15-29-16-12-23)26(20-28,22-9-5-2-6-10-22)24-13-17-30-18-14-24/h1-18H. The minimum Gasteiger partial charge on any atom is -0.265 e. The Bertz CT molecular complexity index is 1010. The van der Waals surface area contributed by atoms with Crippen molar-refractivity contribution in [1.29, 1.82) is 10.5 Å². The van der Waals surface area contributed by atoms with Crippen LogP contribution in [0.15, 0.2) is 110 Å². The van der Waals surface area contributed by atoms with Crippen molar-refractivity contribution < 1.29 is 0 Å². The van der Waals surface area contributed by atoms with Gasteiger partial charge < -0.3 is 0 Å². The first-order valence-electron chi connectivity index (χ1n) is 9.54. The average molecular weight is 386 g/mol. The van der Waals surface area contributed by atoms with E-state index in [9.17, 15) is 10.5 Å². The molecule has 0 amide bonds. The summed E-state index contributed by atoms with van der Waals surface area (Å²) in [7, 11) is 0. The highest BCUT2D eigenvalue weighted by Crippen LogP contribution is 2.52. The summed E-state index contributed by atoms with van der Waals surface area (Å²) in [4.78, 5) is 8.28. The molecule has 0 radical (unpaired) electrons. The summed E-state index contributed by atoms with van der Waals surface area (Å²) in [6.45, 7) is 0. The van der Waals surface area contributed by atoms with Gasteiger partial charge in [0, 0.05) is 24.8 Å². The SMILES string of the molecule is N#CC(c1ccccc1)(c1ccncc1)C(C#N)(c1ccccc1)c1ccncc1. The number of aromatic nitrogens is 2. The van der Waals surface area contributed by atoms with E-state index in [0.717, 1.165) is 11.1 Å². The molecule has 0 aliphatic rings. The number of nitriles is 2. The topological polar surface area (TPSA) is 73.4 Å². The molecule has 142 valence electrons. The van der Waals surface area contributed by atoms with E-state index >= 15 is 0 Å². The highest BCUT2D eigenvalue weighted by atomic mass is 14.6. The number of hydrogen-bond acceptors (Lipinski definition) is 4. The third kappa shape index (κ3) is 2.75. The highest BCUT2D eigenvalue weighted by Gasteiger charge is 2.57. The van der Waals surface area contributed by atoms with Crippen LogP contribution >= 0.6 is 0 Å². The van der Waals surface area contributed by atoms with Crippen LogP contribution in [-0.2, 0) is 10.8 Å². The van der Waals surface area contributed by atoms with Gasteiger partial charge >= 0.3 is 0 Å². The summed E-state index contributed by atoms with van der Waals surface area (Å²) in [6.07, 6.45) is 6.63. The van der Waals surface area contributed by atoms with E-state index in [1.54, 1.807) is 24.8 Å². The van der Waals surface area contributed by atoms with Crippen LogP contribution in [-0.4, -0.2) is 9.97 Å². The van der Waals surface area contributed by atoms with Crippen LogP contribution in [0.3, 0.4) is 0 Å². The van der Waals surface area contributed by atoms with Crippen LogP contribution in [0, 0.1) is 22.7 Å². The summed E-state index contributed by atoms with van der Waals surface area (Å²) >= 11 is 0. The van der Waals surface area contributed by atoms with E-state index in [0.29, 0.717) is 11.1 Å². The Balaban J connectivity index is 2.21. The molecule has 2 atom stereocenters. The van der Waals surface area contributed by atoms with Gasteiger partial charge in [-0.15, -0.1) is 0 Å². The highest BCUT2D eigenvalue weighted by molar-refractivity contribution is 5.63. The molecule has 2 aromatic carbocycles. The quantitative estimate of drug-likeness (QED) is 0.494. The van der Waals surface area contributed by atoms with E-state index in [2.05, 4.69) is 22.1 Å². The lowest BCUT2D eigenvalue weighted by molar-refractivity contribution is 0.469. The van der Waals surface area contributed by atoms with E-state index in [1.807, 2.05) is 84.9 Å². The lowest BCUT2D eigenvalue weighted by Crippen LogP contribution is -2.49. The summed E-state index contributed by atoms with van der Waals surface area (Å²) in [5.41, 5.74) is 0.229. The van der Waals surface area contributed by atoms with Crippen molar-refractivity contribution in [3.63, 3.8) is 0 Å². The third-order valence-corrected chi connectivity index (χ3v) is 5.54. The smallest absolute Gasteiger partial charge is 0.134 e. The monoisotopic (exact) mass is 386 g/mol. The first kappa shape index (κ1) is 19.1. The molecule has 0 fully saturated rings. The van der Waals surface area contributed by atoms with Crippen molar-refractivity contribution in [2.24, 2.45) is 0 Å². The molecule has 0 N–H and O–H groups in total. The Morgan fingerprint density at radius 3 is 1.07 bits per heavy atom. The Morgan fingerprint density at radius 2 is 0.767 bits per heavy atom. The largest absolute Gasteiger partial charge is 0.265 e. The molecule has 2 heterocycles. The molecule has 2 aromatic heterocycles.